The van der Waals surface area contributed by atoms with Crippen LogP contribution < -0.4 is 0 Å². The average molecular weight is 154 g/mol. The minimum absolute atomic E-state index is 0.0556. The van der Waals surface area contributed by atoms with Gasteiger partial charge in [0.1, 0.15) is 0 Å². The van der Waals surface area contributed by atoms with Gasteiger partial charge in [0.05, 0.1) is 6.10 Å². The van der Waals surface area contributed by atoms with E-state index in [1.807, 2.05) is 0 Å². The van der Waals surface area contributed by atoms with Gasteiger partial charge in [-0.2, -0.15) is 0 Å². The van der Waals surface area contributed by atoms with Crippen LogP contribution in [0.25, 0.3) is 0 Å². The SMILES string of the molecule is CC12CC(CC(O)C1(C)C)C2. The lowest BCUT2D eigenvalue weighted by Crippen LogP contribution is -2.58. The van der Waals surface area contributed by atoms with Crippen LogP contribution in [0.1, 0.15) is 40.0 Å². The first-order chi connectivity index (χ1) is 4.96. The largest absolute Gasteiger partial charge is 0.393 e. The molecule has 1 atom stereocenters. The highest BCUT2D eigenvalue weighted by Crippen LogP contribution is 2.64. The summed E-state index contributed by atoms with van der Waals surface area (Å²) in [7, 11) is 0. The molecular formula is C10H18O. The molecule has 0 heterocycles. The van der Waals surface area contributed by atoms with Crippen LogP contribution >= 0.6 is 0 Å². The van der Waals surface area contributed by atoms with Crippen LogP contribution in [0.15, 0.2) is 0 Å². The summed E-state index contributed by atoms with van der Waals surface area (Å²) in [6.07, 6.45) is 3.68. The molecule has 0 aromatic carbocycles. The molecular weight excluding hydrogens is 136 g/mol. The Labute approximate surface area is 68.8 Å². The molecule has 1 heteroatoms. The molecule has 0 aromatic rings. The number of aliphatic hydroxyl groups excluding tert-OH is 1. The fourth-order valence-electron chi connectivity index (χ4n) is 2.92. The van der Waals surface area contributed by atoms with Crippen LogP contribution in [0.3, 0.4) is 0 Å². The third-order valence-corrected chi connectivity index (χ3v) is 4.42. The predicted molar refractivity (Wildman–Crippen MR) is 45.2 cm³/mol. The van der Waals surface area contributed by atoms with E-state index in [1.54, 1.807) is 0 Å². The molecule has 3 rings (SSSR count). The van der Waals surface area contributed by atoms with Crippen molar-refractivity contribution in [3.63, 3.8) is 0 Å². The molecule has 64 valence electrons. The second-order valence-electron chi connectivity index (χ2n) is 5.31. The standard InChI is InChI=1S/C10H18O/c1-9(2)8(11)4-7-5-10(9,3)6-7/h7-8,11H,4-6H2,1-3H3. The van der Waals surface area contributed by atoms with Crippen molar-refractivity contribution in [2.75, 3.05) is 0 Å². The monoisotopic (exact) mass is 154 g/mol. The minimum atomic E-state index is -0.0556. The molecule has 0 spiro atoms. The zero-order valence-electron chi connectivity index (χ0n) is 7.72. The van der Waals surface area contributed by atoms with Gasteiger partial charge in [-0.1, -0.05) is 20.8 Å². The Morgan fingerprint density at radius 1 is 1.18 bits per heavy atom. The summed E-state index contributed by atoms with van der Waals surface area (Å²) in [6, 6.07) is 0. The van der Waals surface area contributed by atoms with Crippen molar-refractivity contribution >= 4 is 0 Å². The second kappa shape index (κ2) is 1.82. The number of rotatable bonds is 0. The van der Waals surface area contributed by atoms with Crippen LogP contribution in [0, 0.1) is 16.7 Å². The molecule has 3 aliphatic carbocycles. The highest BCUT2D eigenvalue weighted by atomic mass is 16.3. The summed E-state index contributed by atoms with van der Waals surface area (Å²) in [4.78, 5) is 0. The molecule has 11 heavy (non-hydrogen) atoms. The average Bonchev–Trinajstić information content (AvgIpc) is 1.79. The Morgan fingerprint density at radius 3 is 2.09 bits per heavy atom. The summed E-state index contributed by atoms with van der Waals surface area (Å²) < 4.78 is 0. The van der Waals surface area contributed by atoms with Crippen molar-refractivity contribution in [2.45, 2.75) is 46.1 Å². The van der Waals surface area contributed by atoms with Crippen molar-refractivity contribution in [1.82, 2.24) is 0 Å². The van der Waals surface area contributed by atoms with Gasteiger partial charge in [0.2, 0.25) is 0 Å². The van der Waals surface area contributed by atoms with E-state index in [2.05, 4.69) is 20.8 Å². The summed E-state index contributed by atoms with van der Waals surface area (Å²) >= 11 is 0. The number of hydrogen-bond acceptors (Lipinski definition) is 1. The third-order valence-electron chi connectivity index (χ3n) is 4.42. The first-order valence-electron chi connectivity index (χ1n) is 4.64. The minimum Gasteiger partial charge on any atom is -0.393 e. The maximum atomic E-state index is 9.80. The van der Waals surface area contributed by atoms with E-state index < -0.39 is 0 Å². The highest BCUT2D eigenvalue weighted by molar-refractivity contribution is 5.08. The lowest BCUT2D eigenvalue weighted by molar-refractivity contribution is -0.175. The lowest BCUT2D eigenvalue weighted by Gasteiger charge is -2.62. The second-order valence-corrected chi connectivity index (χ2v) is 5.31. The Balaban J connectivity index is 2.26. The van der Waals surface area contributed by atoms with Crippen LogP contribution in [0.2, 0.25) is 0 Å². The van der Waals surface area contributed by atoms with Gasteiger partial charge in [-0.3, -0.25) is 0 Å². The van der Waals surface area contributed by atoms with Crippen molar-refractivity contribution < 1.29 is 5.11 Å². The highest BCUT2D eigenvalue weighted by Gasteiger charge is 2.58. The first kappa shape index (κ1) is 7.60. The lowest BCUT2D eigenvalue weighted by atomic mass is 9.44. The summed E-state index contributed by atoms with van der Waals surface area (Å²) in [6.45, 7) is 6.76. The van der Waals surface area contributed by atoms with E-state index in [0.29, 0.717) is 5.41 Å². The molecule has 0 radical (unpaired) electrons. The smallest absolute Gasteiger partial charge is 0.0599 e. The van der Waals surface area contributed by atoms with Crippen LogP contribution in [-0.2, 0) is 0 Å². The molecule has 0 amide bonds. The van der Waals surface area contributed by atoms with Crippen molar-refractivity contribution in [2.24, 2.45) is 16.7 Å². The van der Waals surface area contributed by atoms with Gasteiger partial charge < -0.3 is 5.11 Å². The van der Waals surface area contributed by atoms with Crippen molar-refractivity contribution in [1.29, 1.82) is 0 Å². The fourth-order valence-corrected chi connectivity index (χ4v) is 2.92. The number of hydrogen-bond donors (Lipinski definition) is 1. The van der Waals surface area contributed by atoms with Crippen LogP contribution in [-0.4, -0.2) is 11.2 Å². The topological polar surface area (TPSA) is 20.2 Å². The van der Waals surface area contributed by atoms with E-state index in [9.17, 15) is 5.11 Å². The van der Waals surface area contributed by atoms with Crippen LogP contribution in [0.5, 0.6) is 0 Å². The van der Waals surface area contributed by atoms with Gasteiger partial charge in [0.15, 0.2) is 0 Å². The van der Waals surface area contributed by atoms with E-state index in [4.69, 9.17) is 0 Å². The Morgan fingerprint density at radius 2 is 1.73 bits per heavy atom. The zero-order valence-corrected chi connectivity index (χ0v) is 7.72. The maximum Gasteiger partial charge on any atom is 0.0599 e. The molecule has 3 saturated carbocycles. The zero-order chi connectivity index (χ0) is 8.28. The number of fused-ring (bicyclic) bond motifs is 2. The van der Waals surface area contributed by atoms with Gasteiger partial charge >= 0.3 is 0 Å². The van der Waals surface area contributed by atoms with E-state index >= 15 is 0 Å². The molecule has 1 N–H and O–H groups in total. The normalized spacial score (nSPS) is 53.5. The van der Waals surface area contributed by atoms with Gasteiger partial charge in [-0.15, -0.1) is 0 Å². The summed E-state index contributed by atoms with van der Waals surface area (Å²) in [5.74, 6) is 0.836. The Hall–Kier alpha value is -0.0400. The van der Waals surface area contributed by atoms with Gasteiger partial charge in [-0.05, 0) is 36.0 Å². The third kappa shape index (κ3) is 0.752. The number of aliphatic hydroxyl groups is 1. The molecule has 0 aromatic heterocycles. The van der Waals surface area contributed by atoms with Gasteiger partial charge in [0.25, 0.3) is 0 Å². The van der Waals surface area contributed by atoms with E-state index in [0.717, 1.165) is 12.3 Å². The molecule has 0 aliphatic heterocycles. The quantitative estimate of drug-likeness (QED) is 0.567. The summed E-state index contributed by atoms with van der Waals surface area (Å²) in [5, 5.41) is 9.80. The molecule has 1 unspecified atom stereocenters. The molecule has 3 aliphatic rings. The Bertz CT molecular complexity index is 175. The predicted octanol–water partition coefficient (Wildman–Crippen LogP) is 2.19. The van der Waals surface area contributed by atoms with Crippen LogP contribution in [0.4, 0.5) is 0 Å². The molecule has 2 bridgehead atoms. The maximum absolute atomic E-state index is 9.80. The summed E-state index contributed by atoms with van der Waals surface area (Å²) in [5.41, 5.74) is 0.594. The van der Waals surface area contributed by atoms with Gasteiger partial charge in [-0.25, -0.2) is 0 Å². The van der Waals surface area contributed by atoms with E-state index in [-0.39, 0.29) is 11.5 Å². The first-order valence-corrected chi connectivity index (χ1v) is 4.64. The molecule has 0 saturated heterocycles. The molecule has 1 nitrogen and oxygen atoms in total. The molecule has 3 fully saturated rings. The van der Waals surface area contributed by atoms with Crippen molar-refractivity contribution in [3.05, 3.63) is 0 Å². The van der Waals surface area contributed by atoms with Gasteiger partial charge in [0, 0.05) is 0 Å². The Kier molecular flexibility index (Phi) is 1.26. The van der Waals surface area contributed by atoms with E-state index in [1.165, 1.54) is 12.8 Å². The fraction of sp³-hybridized carbons (Fsp3) is 1.00. The van der Waals surface area contributed by atoms with Crippen molar-refractivity contribution in [3.8, 4) is 0 Å².